The highest BCUT2D eigenvalue weighted by Gasteiger charge is 2.52. The smallest absolute Gasteiger partial charge is 0.246 e. The zero-order valence-electron chi connectivity index (χ0n) is 22.7. The summed E-state index contributed by atoms with van der Waals surface area (Å²) in [6.45, 7) is 7.60. The topological polar surface area (TPSA) is 98.8 Å². The maximum atomic E-state index is 13.5. The minimum absolute atomic E-state index is 0.0133. The third-order valence-corrected chi connectivity index (χ3v) is 9.23. The number of piperazine rings is 1. The molecule has 0 aliphatic carbocycles. The van der Waals surface area contributed by atoms with E-state index in [2.05, 4.69) is 39.2 Å². The largest absolute Gasteiger partial charge is 0.342 e. The van der Waals surface area contributed by atoms with Crippen molar-refractivity contribution in [3.05, 3.63) is 35.9 Å². The minimum atomic E-state index is -3.24. The Balaban J connectivity index is 1.48. The normalized spacial score (nSPS) is 20.4. The van der Waals surface area contributed by atoms with Crippen molar-refractivity contribution in [2.24, 2.45) is 0 Å². The zero-order valence-corrected chi connectivity index (χ0v) is 23.5. The van der Waals surface area contributed by atoms with Crippen LogP contribution in [0.2, 0.25) is 0 Å². The molecule has 2 fully saturated rings. The molecule has 208 valence electrons. The van der Waals surface area contributed by atoms with Gasteiger partial charge in [0.15, 0.2) is 0 Å². The van der Waals surface area contributed by atoms with Crippen LogP contribution in [0.25, 0.3) is 0 Å². The number of nitrogens with one attached hydrogen (secondary N) is 2. The van der Waals surface area contributed by atoms with E-state index in [0.29, 0.717) is 51.6 Å². The van der Waals surface area contributed by atoms with Gasteiger partial charge in [-0.15, -0.1) is 0 Å². The highest BCUT2D eigenvalue weighted by atomic mass is 32.2. The number of carbonyl (C=O) groups excluding carboxylic acids is 2. The third-order valence-electron chi connectivity index (χ3n) is 7.76. The van der Waals surface area contributed by atoms with Gasteiger partial charge >= 0.3 is 0 Å². The van der Waals surface area contributed by atoms with Crippen molar-refractivity contribution in [2.75, 3.05) is 38.5 Å². The molecule has 1 aromatic rings. The summed E-state index contributed by atoms with van der Waals surface area (Å²) in [6, 6.07) is 9.91. The van der Waals surface area contributed by atoms with E-state index in [1.165, 1.54) is 5.56 Å². The standard InChI is InChI=1S/C28H46N4O4S/c1-3-5-11-23-37(35,36)29-18-10-9-14-25-26(33)32(19-4-2)28(27(34)30-25)16-21-31(22-17-28)20-15-24-12-7-6-8-13-24/h6-8,12-13,25,29H,3-5,9-11,14-23H2,1-2H3,(H,30,34)/t25-/m0/s1. The molecule has 0 bridgehead atoms. The second-order valence-electron chi connectivity index (χ2n) is 10.5. The molecule has 2 aliphatic rings. The number of piperidine rings is 1. The second-order valence-corrected chi connectivity index (χ2v) is 12.5. The molecule has 2 saturated heterocycles. The van der Waals surface area contributed by atoms with Crippen LogP contribution in [-0.4, -0.2) is 80.1 Å². The average molecular weight is 535 g/mol. The van der Waals surface area contributed by atoms with Crippen molar-refractivity contribution < 1.29 is 18.0 Å². The van der Waals surface area contributed by atoms with E-state index in [1.807, 2.05) is 24.8 Å². The molecule has 2 amide bonds. The van der Waals surface area contributed by atoms with Gasteiger partial charge in [-0.25, -0.2) is 13.1 Å². The Bertz CT molecular complexity index is 962. The third kappa shape index (κ3) is 8.26. The lowest BCUT2D eigenvalue weighted by Crippen LogP contribution is -2.72. The van der Waals surface area contributed by atoms with Crippen LogP contribution in [-0.2, 0) is 26.0 Å². The van der Waals surface area contributed by atoms with Crippen LogP contribution in [0.1, 0.15) is 77.2 Å². The van der Waals surface area contributed by atoms with Gasteiger partial charge in [0, 0.05) is 32.7 Å². The molecule has 0 saturated carbocycles. The summed E-state index contributed by atoms with van der Waals surface area (Å²) in [5.74, 6) is 0.152. The quantitative estimate of drug-likeness (QED) is 0.337. The fourth-order valence-electron chi connectivity index (χ4n) is 5.51. The number of hydrogen-bond donors (Lipinski definition) is 2. The van der Waals surface area contributed by atoms with Crippen LogP contribution in [0.4, 0.5) is 0 Å². The van der Waals surface area contributed by atoms with Crippen molar-refractivity contribution in [3.63, 3.8) is 0 Å². The SMILES string of the molecule is CCCCCS(=O)(=O)NCCCC[C@@H]1NC(=O)C2(CCN(CCc3ccccc3)CC2)N(CCC)C1=O. The predicted molar refractivity (Wildman–Crippen MR) is 148 cm³/mol. The molecule has 8 nitrogen and oxygen atoms in total. The molecular weight excluding hydrogens is 488 g/mol. The van der Waals surface area contributed by atoms with E-state index in [0.717, 1.165) is 45.3 Å². The van der Waals surface area contributed by atoms with Gasteiger partial charge in [-0.1, -0.05) is 57.0 Å². The second kappa shape index (κ2) is 14.3. The molecule has 2 heterocycles. The Hall–Kier alpha value is -1.97. The fourth-order valence-corrected chi connectivity index (χ4v) is 6.69. The molecule has 1 atom stereocenters. The number of nitrogens with zero attached hydrogens (tertiary/aromatic N) is 2. The van der Waals surface area contributed by atoms with Crippen LogP contribution >= 0.6 is 0 Å². The summed E-state index contributed by atoms with van der Waals surface area (Å²) >= 11 is 0. The molecule has 37 heavy (non-hydrogen) atoms. The first-order valence-corrected chi connectivity index (χ1v) is 15.8. The van der Waals surface area contributed by atoms with Gasteiger partial charge in [0.1, 0.15) is 11.6 Å². The lowest BCUT2D eigenvalue weighted by atomic mass is 9.81. The van der Waals surface area contributed by atoms with E-state index >= 15 is 0 Å². The first-order valence-electron chi connectivity index (χ1n) is 14.2. The summed E-state index contributed by atoms with van der Waals surface area (Å²) < 4.78 is 26.8. The number of likely N-dealkylation sites (tertiary alicyclic amines) is 1. The maximum Gasteiger partial charge on any atom is 0.246 e. The molecule has 1 spiro atoms. The van der Waals surface area contributed by atoms with E-state index < -0.39 is 21.6 Å². The number of sulfonamides is 1. The zero-order chi connectivity index (χ0) is 26.7. The minimum Gasteiger partial charge on any atom is -0.342 e. The Morgan fingerprint density at radius 2 is 1.70 bits per heavy atom. The molecule has 3 rings (SSSR count). The van der Waals surface area contributed by atoms with Gasteiger partial charge in [-0.2, -0.15) is 0 Å². The van der Waals surface area contributed by atoms with Crippen molar-refractivity contribution in [2.45, 2.75) is 89.6 Å². The highest BCUT2D eigenvalue weighted by molar-refractivity contribution is 7.89. The number of unbranched alkanes of at least 4 members (excludes halogenated alkanes) is 3. The van der Waals surface area contributed by atoms with Crippen molar-refractivity contribution in [1.29, 1.82) is 0 Å². The average Bonchev–Trinajstić information content (AvgIpc) is 2.89. The Morgan fingerprint density at radius 3 is 2.38 bits per heavy atom. The van der Waals surface area contributed by atoms with Gasteiger partial charge in [-0.05, 0) is 56.9 Å². The summed E-state index contributed by atoms with van der Waals surface area (Å²) in [5.41, 5.74) is 0.564. The number of benzene rings is 1. The lowest BCUT2D eigenvalue weighted by Gasteiger charge is -2.51. The van der Waals surface area contributed by atoms with E-state index in [9.17, 15) is 18.0 Å². The summed E-state index contributed by atoms with van der Waals surface area (Å²) in [6.07, 6.45) is 7.52. The van der Waals surface area contributed by atoms with E-state index in [4.69, 9.17) is 0 Å². The lowest BCUT2D eigenvalue weighted by molar-refractivity contribution is -0.161. The van der Waals surface area contributed by atoms with E-state index in [-0.39, 0.29) is 17.6 Å². The number of hydrogen-bond acceptors (Lipinski definition) is 5. The van der Waals surface area contributed by atoms with Gasteiger partial charge in [-0.3, -0.25) is 9.59 Å². The molecule has 1 aromatic carbocycles. The molecule has 0 unspecified atom stereocenters. The summed E-state index contributed by atoms with van der Waals surface area (Å²) in [7, 11) is -3.24. The van der Waals surface area contributed by atoms with Gasteiger partial charge in [0.25, 0.3) is 0 Å². The molecule has 2 aliphatic heterocycles. The molecule has 0 aromatic heterocycles. The molecule has 0 radical (unpaired) electrons. The summed E-state index contributed by atoms with van der Waals surface area (Å²) in [4.78, 5) is 31.2. The Kier molecular flexibility index (Phi) is 11.4. The molecule has 2 N–H and O–H groups in total. The number of rotatable bonds is 15. The van der Waals surface area contributed by atoms with Crippen LogP contribution in [0.15, 0.2) is 30.3 Å². The maximum absolute atomic E-state index is 13.5. The van der Waals surface area contributed by atoms with Crippen LogP contribution in [0.5, 0.6) is 0 Å². The predicted octanol–water partition coefficient (Wildman–Crippen LogP) is 3.08. The highest BCUT2D eigenvalue weighted by Crippen LogP contribution is 2.34. The first-order chi connectivity index (χ1) is 17.8. The Labute approximate surface area is 223 Å². The van der Waals surface area contributed by atoms with Crippen molar-refractivity contribution >= 4 is 21.8 Å². The van der Waals surface area contributed by atoms with Crippen LogP contribution in [0.3, 0.4) is 0 Å². The number of carbonyl (C=O) groups is 2. The fraction of sp³-hybridized carbons (Fsp3) is 0.714. The summed E-state index contributed by atoms with van der Waals surface area (Å²) in [5, 5.41) is 3.04. The van der Waals surface area contributed by atoms with Gasteiger partial charge in [0.05, 0.1) is 5.75 Å². The first kappa shape index (κ1) is 29.6. The van der Waals surface area contributed by atoms with Gasteiger partial charge in [0.2, 0.25) is 21.8 Å². The Morgan fingerprint density at radius 1 is 0.973 bits per heavy atom. The van der Waals surface area contributed by atoms with Crippen LogP contribution in [0, 0.1) is 0 Å². The van der Waals surface area contributed by atoms with Crippen molar-refractivity contribution in [1.82, 2.24) is 19.8 Å². The number of amides is 2. The van der Waals surface area contributed by atoms with E-state index in [1.54, 1.807) is 0 Å². The molecule has 9 heteroatoms. The monoisotopic (exact) mass is 534 g/mol. The van der Waals surface area contributed by atoms with Crippen LogP contribution < -0.4 is 10.0 Å². The van der Waals surface area contributed by atoms with Crippen molar-refractivity contribution in [3.8, 4) is 0 Å². The van der Waals surface area contributed by atoms with Gasteiger partial charge < -0.3 is 15.1 Å². The molecular formula is C28H46N4O4S.